The molecule has 0 aliphatic heterocycles. The van der Waals surface area contributed by atoms with E-state index in [2.05, 4.69) is 47.3 Å². The van der Waals surface area contributed by atoms with Gasteiger partial charge in [-0.1, -0.05) is 38.1 Å². The van der Waals surface area contributed by atoms with Crippen molar-refractivity contribution in [1.29, 1.82) is 0 Å². The third-order valence-corrected chi connectivity index (χ3v) is 4.15. The zero-order chi connectivity index (χ0) is 17.2. The molecule has 4 rings (SSSR count). The Balaban J connectivity index is 1.75. The zero-order valence-electron chi connectivity index (χ0n) is 14.2. The van der Waals surface area contributed by atoms with Crippen molar-refractivity contribution >= 4 is 22.7 Å². The maximum Gasteiger partial charge on any atom is 0.229 e. The number of para-hydroxylation sites is 1. The second kappa shape index (κ2) is 6.36. The van der Waals surface area contributed by atoms with Crippen LogP contribution in [0.5, 0.6) is 0 Å². The van der Waals surface area contributed by atoms with Crippen molar-refractivity contribution in [1.82, 2.24) is 19.5 Å². The zero-order valence-corrected chi connectivity index (χ0v) is 14.2. The molecule has 3 aromatic heterocycles. The fraction of sp³-hybridized carbons (Fsp3) is 0.150. The summed E-state index contributed by atoms with van der Waals surface area (Å²) in [6.45, 7) is 4.35. The van der Waals surface area contributed by atoms with Gasteiger partial charge in [0, 0.05) is 29.7 Å². The van der Waals surface area contributed by atoms with Crippen molar-refractivity contribution in [3.8, 4) is 5.82 Å². The van der Waals surface area contributed by atoms with Crippen molar-refractivity contribution in [3.63, 3.8) is 0 Å². The van der Waals surface area contributed by atoms with Crippen LogP contribution in [0.2, 0.25) is 0 Å². The van der Waals surface area contributed by atoms with Crippen LogP contribution < -0.4 is 5.32 Å². The van der Waals surface area contributed by atoms with E-state index in [-0.39, 0.29) is 0 Å². The van der Waals surface area contributed by atoms with E-state index >= 15 is 0 Å². The van der Waals surface area contributed by atoms with E-state index in [9.17, 15) is 0 Å². The van der Waals surface area contributed by atoms with Gasteiger partial charge >= 0.3 is 0 Å². The molecule has 3 heterocycles. The smallest absolute Gasteiger partial charge is 0.229 e. The van der Waals surface area contributed by atoms with E-state index in [1.165, 1.54) is 5.56 Å². The van der Waals surface area contributed by atoms with Crippen molar-refractivity contribution in [2.75, 3.05) is 5.32 Å². The SMILES string of the molecule is CC(C)c1ccccc1Nc1ncc2ccn(-c3ccccn3)c2n1. The third kappa shape index (κ3) is 2.96. The van der Waals surface area contributed by atoms with Crippen LogP contribution in [-0.2, 0) is 0 Å². The van der Waals surface area contributed by atoms with E-state index in [0.29, 0.717) is 11.9 Å². The molecule has 5 heteroatoms. The van der Waals surface area contributed by atoms with Crippen LogP contribution in [0.4, 0.5) is 11.6 Å². The lowest BCUT2D eigenvalue weighted by Gasteiger charge is -2.13. The van der Waals surface area contributed by atoms with E-state index in [1.807, 2.05) is 47.3 Å². The van der Waals surface area contributed by atoms with Gasteiger partial charge in [0.15, 0.2) is 5.65 Å². The standard InChI is InChI=1S/C20H19N5/c1-14(2)16-7-3-4-8-17(16)23-20-22-13-15-10-12-25(19(15)24-20)18-9-5-6-11-21-18/h3-14H,1-2H3,(H,22,23,24). The molecule has 0 aliphatic carbocycles. The molecule has 25 heavy (non-hydrogen) atoms. The summed E-state index contributed by atoms with van der Waals surface area (Å²) in [4.78, 5) is 13.6. The lowest BCUT2D eigenvalue weighted by Crippen LogP contribution is -2.03. The molecule has 0 bridgehead atoms. The molecule has 0 saturated heterocycles. The van der Waals surface area contributed by atoms with Crippen molar-refractivity contribution in [2.45, 2.75) is 19.8 Å². The van der Waals surface area contributed by atoms with Crippen LogP contribution >= 0.6 is 0 Å². The quantitative estimate of drug-likeness (QED) is 0.590. The molecule has 0 atom stereocenters. The fourth-order valence-electron chi connectivity index (χ4n) is 2.89. The van der Waals surface area contributed by atoms with Crippen molar-refractivity contribution in [2.24, 2.45) is 0 Å². The van der Waals surface area contributed by atoms with E-state index < -0.39 is 0 Å². The predicted octanol–water partition coefficient (Wildman–Crippen LogP) is 4.68. The monoisotopic (exact) mass is 329 g/mol. The van der Waals surface area contributed by atoms with Gasteiger partial charge in [0.1, 0.15) is 5.82 Å². The normalized spacial score (nSPS) is 11.2. The summed E-state index contributed by atoms with van der Waals surface area (Å²) in [6, 6.07) is 16.1. The Bertz CT molecular complexity index is 1000. The Kier molecular flexibility index (Phi) is 3.90. The van der Waals surface area contributed by atoms with Gasteiger partial charge in [-0.25, -0.2) is 9.97 Å². The Morgan fingerprint density at radius 1 is 0.960 bits per heavy atom. The average molecular weight is 329 g/mol. The average Bonchev–Trinajstić information content (AvgIpc) is 3.06. The van der Waals surface area contributed by atoms with Crippen LogP contribution in [0.3, 0.4) is 0 Å². The molecule has 0 fully saturated rings. The molecule has 5 nitrogen and oxygen atoms in total. The van der Waals surface area contributed by atoms with Gasteiger partial charge in [-0.15, -0.1) is 0 Å². The Labute approximate surface area is 146 Å². The molecule has 0 amide bonds. The Morgan fingerprint density at radius 2 is 1.80 bits per heavy atom. The minimum atomic E-state index is 0.421. The highest BCUT2D eigenvalue weighted by atomic mass is 15.2. The number of pyridine rings is 1. The van der Waals surface area contributed by atoms with Gasteiger partial charge in [0.25, 0.3) is 0 Å². The number of rotatable bonds is 4. The molecule has 0 aliphatic rings. The van der Waals surface area contributed by atoms with E-state index in [4.69, 9.17) is 4.98 Å². The molecule has 0 radical (unpaired) electrons. The minimum absolute atomic E-state index is 0.421. The summed E-state index contributed by atoms with van der Waals surface area (Å²) < 4.78 is 1.97. The molecule has 1 aromatic carbocycles. The largest absolute Gasteiger partial charge is 0.324 e. The van der Waals surface area contributed by atoms with E-state index in [1.54, 1.807) is 6.20 Å². The number of anilines is 2. The first-order valence-corrected chi connectivity index (χ1v) is 8.34. The first-order chi connectivity index (χ1) is 12.2. The number of hydrogen-bond acceptors (Lipinski definition) is 4. The third-order valence-electron chi connectivity index (χ3n) is 4.15. The van der Waals surface area contributed by atoms with Gasteiger partial charge in [-0.05, 0) is 35.7 Å². The van der Waals surface area contributed by atoms with Gasteiger partial charge in [0.2, 0.25) is 5.95 Å². The Morgan fingerprint density at radius 3 is 2.60 bits per heavy atom. The fourth-order valence-corrected chi connectivity index (χ4v) is 2.89. The summed E-state index contributed by atoms with van der Waals surface area (Å²) in [7, 11) is 0. The van der Waals surface area contributed by atoms with Crippen LogP contribution in [0.1, 0.15) is 25.3 Å². The number of nitrogens with one attached hydrogen (secondary N) is 1. The number of aromatic nitrogens is 4. The first-order valence-electron chi connectivity index (χ1n) is 8.34. The topological polar surface area (TPSA) is 55.6 Å². The van der Waals surface area contributed by atoms with Crippen LogP contribution in [-0.4, -0.2) is 19.5 Å². The number of hydrogen-bond donors (Lipinski definition) is 1. The number of benzene rings is 1. The predicted molar refractivity (Wildman–Crippen MR) is 100 cm³/mol. The summed E-state index contributed by atoms with van der Waals surface area (Å²) >= 11 is 0. The summed E-state index contributed by atoms with van der Waals surface area (Å²) in [5.74, 6) is 1.84. The highest BCUT2D eigenvalue weighted by Gasteiger charge is 2.10. The van der Waals surface area contributed by atoms with Crippen LogP contribution in [0.15, 0.2) is 67.1 Å². The molecular formula is C20H19N5. The maximum absolute atomic E-state index is 4.71. The first kappa shape index (κ1) is 15.3. The number of fused-ring (bicyclic) bond motifs is 1. The minimum Gasteiger partial charge on any atom is -0.324 e. The molecule has 0 unspecified atom stereocenters. The lowest BCUT2D eigenvalue weighted by atomic mass is 10.0. The molecule has 0 saturated carbocycles. The summed E-state index contributed by atoms with van der Waals surface area (Å²) in [6.07, 6.45) is 5.58. The van der Waals surface area contributed by atoms with Gasteiger partial charge in [0.05, 0.1) is 0 Å². The molecule has 1 N–H and O–H groups in total. The maximum atomic E-state index is 4.71. The molecular weight excluding hydrogens is 310 g/mol. The highest BCUT2D eigenvalue weighted by Crippen LogP contribution is 2.26. The lowest BCUT2D eigenvalue weighted by molar-refractivity contribution is 0.868. The second-order valence-electron chi connectivity index (χ2n) is 6.21. The van der Waals surface area contributed by atoms with Crippen molar-refractivity contribution < 1.29 is 0 Å². The van der Waals surface area contributed by atoms with Gasteiger partial charge < -0.3 is 5.32 Å². The van der Waals surface area contributed by atoms with Crippen LogP contribution in [0.25, 0.3) is 16.9 Å². The molecule has 0 spiro atoms. The van der Waals surface area contributed by atoms with E-state index in [0.717, 1.165) is 22.5 Å². The highest BCUT2D eigenvalue weighted by molar-refractivity contribution is 5.78. The summed E-state index contributed by atoms with van der Waals surface area (Å²) in [5.41, 5.74) is 3.11. The molecule has 124 valence electrons. The number of nitrogens with zero attached hydrogens (tertiary/aromatic N) is 4. The van der Waals surface area contributed by atoms with Crippen molar-refractivity contribution in [3.05, 3.63) is 72.7 Å². The van der Waals surface area contributed by atoms with Gasteiger partial charge in [-0.3, -0.25) is 4.57 Å². The second-order valence-corrected chi connectivity index (χ2v) is 6.21. The van der Waals surface area contributed by atoms with Crippen LogP contribution in [0, 0.1) is 0 Å². The summed E-state index contributed by atoms with van der Waals surface area (Å²) in [5, 5.41) is 4.34. The Hall–Kier alpha value is -3.21. The molecule has 4 aromatic rings. The van der Waals surface area contributed by atoms with Gasteiger partial charge in [-0.2, -0.15) is 4.98 Å².